The van der Waals surface area contributed by atoms with Crippen molar-refractivity contribution in [1.82, 2.24) is 4.57 Å². The first-order valence-electron chi connectivity index (χ1n) is 8.81. The molecule has 0 N–H and O–H groups in total. The molecule has 1 aromatic heterocycles. The van der Waals surface area contributed by atoms with E-state index < -0.39 is 17.2 Å². The summed E-state index contributed by atoms with van der Waals surface area (Å²) < 4.78 is 32.0. The van der Waals surface area contributed by atoms with Gasteiger partial charge in [0.2, 0.25) is 0 Å². The van der Waals surface area contributed by atoms with Crippen LogP contribution < -0.4 is 14.9 Å². The zero-order chi connectivity index (χ0) is 19.7. The highest BCUT2D eigenvalue weighted by Crippen LogP contribution is 2.40. The Labute approximate surface area is 156 Å². The minimum Gasteiger partial charge on any atom is -0.494 e. The summed E-state index contributed by atoms with van der Waals surface area (Å²) >= 11 is 0. The van der Waals surface area contributed by atoms with Gasteiger partial charge in [0, 0.05) is 23.9 Å². The smallest absolute Gasteiger partial charge is 0.343 e. The van der Waals surface area contributed by atoms with Gasteiger partial charge in [0.15, 0.2) is 17.0 Å². The molecule has 1 unspecified atom stereocenters. The number of hydrogen-bond acceptors (Lipinski definition) is 5. The van der Waals surface area contributed by atoms with Crippen LogP contribution in [-0.4, -0.2) is 30.9 Å². The Morgan fingerprint density at radius 3 is 2.74 bits per heavy atom. The van der Waals surface area contributed by atoms with E-state index in [1.54, 1.807) is 11.5 Å². The number of methoxy groups -OCH3 is 1. The highest BCUT2D eigenvalue weighted by molar-refractivity contribution is 5.89. The fraction of sp³-hybridized carbons (Fsp3) is 0.400. The molecule has 7 heteroatoms. The second kappa shape index (κ2) is 7.42. The number of halogens is 1. The molecule has 1 aromatic carbocycles. The van der Waals surface area contributed by atoms with Gasteiger partial charge in [-0.1, -0.05) is 13.8 Å². The zero-order valence-corrected chi connectivity index (χ0v) is 15.7. The summed E-state index contributed by atoms with van der Waals surface area (Å²) in [7, 11) is 1.38. The van der Waals surface area contributed by atoms with Crippen molar-refractivity contribution >= 4 is 5.97 Å². The molecular formula is C20H22FNO5. The van der Waals surface area contributed by atoms with E-state index in [9.17, 15) is 14.0 Å². The van der Waals surface area contributed by atoms with Crippen LogP contribution >= 0.6 is 0 Å². The third-order valence-corrected chi connectivity index (χ3v) is 4.64. The number of nitrogens with zero attached hydrogens (tertiary/aromatic N) is 1. The number of ether oxygens (including phenoxy) is 3. The van der Waals surface area contributed by atoms with Crippen LogP contribution in [0.3, 0.4) is 0 Å². The molecule has 2 aromatic rings. The first-order chi connectivity index (χ1) is 12.9. The van der Waals surface area contributed by atoms with Crippen molar-refractivity contribution in [2.24, 2.45) is 5.92 Å². The van der Waals surface area contributed by atoms with Crippen LogP contribution in [-0.2, 0) is 4.74 Å². The largest absolute Gasteiger partial charge is 0.494 e. The molecule has 0 saturated carbocycles. The molecule has 1 atom stereocenters. The molecule has 2 heterocycles. The second-order valence-electron chi connectivity index (χ2n) is 6.67. The molecule has 0 spiro atoms. The van der Waals surface area contributed by atoms with Gasteiger partial charge in [-0.25, -0.2) is 9.18 Å². The van der Waals surface area contributed by atoms with Gasteiger partial charge < -0.3 is 18.8 Å². The second-order valence-corrected chi connectivity index (χ2v) is 6.67. The Bertz CT molecular complexity index is 935. The van der Waals surface area contributed by atoms with E-state index >= 15 is 0 Å². The summed E-state index contributed by atoms with van der Waals surface area (Å²) in [6.07, 6.45) is 1.49. The van der Waals surface area contributed by atoms with Crippen molar-refractivity contribution < 1.29 is 23.4 Å². The van der Waals surface area contributed by atoms with Crippen LogP contribution in [0.5, 0.6) is 11.5 Å². The molecule has 0 bridgehead atoms. The molecule has 144 valence electrons. The Balaban J connectivity index is 2.26. The van der Waals surface area contributed by atoms with Crippen LogP contribution in [0.25, 0.3) is 11.3 Å². The lowest BCUT2D eigenvalue weighted by Crippen LogP contribution is -2.26. The van der Waals surface area contributed by atoms with Crippen LogP contribution in [0.4, 0.5) is 4.39 Å². The molecule has 0 fully saturated rings. The maximum absolute atomic E-state index is 14.3. The fourth-order valence-electron chi connectivity index (χ4n) is 3.18. The Hall–Kier alpha value is -2.83. The summed E-state index contributed by atoms with van der Waals surface area (Å²) in [6, 6.07) is 3.93. The number of esters is 1. The molecule has 0 saturated heterocycles. The molecule has 0 amide bonds. The van der Waals surface area contributed by atoms with Crippen LogP contribution in [0.15, 0.2) is 29.2 Å². The number of fused-ring (bicyclic) bond motifs is 3. The SMILES string of the molecule is CCOC(=O)c1cn2c(cc1=O)-c1cc(F)c(OC)cc1OCC2C(C)C. The molecule has 6 nitrogen and oxygen atoms in total. The van der Waals surface area contributed by atoms with Crippen molar-refractivity contribution in [3.63, 3.8) is 0 Å². The van der Waals surface area contributed by atoms with Gasteiger partial charge in [-0.15, -0.1) is 0 Å². The van der Waals surface area contributed by atoms with Crippen LogP contribution in [0.2, 0.25) is 0 Å². The van der Waals surface area contributed by atoms with E-state index in [1.807, 2.05) is 13.8 Å². The standard InChI is InChI=1S/C20H22FNO5/c1-5-26-20(24)13-9-22-15(7-17(13)23)12-6-14(21)19(25-4)8-18(12)27-10-16(22)11(2)3/h6-9,11,16H,5,10H2,1-4H3. The number of hydrogen-bond donors (Lipinski definition) is 0. The Morgan fingerprint density at radius 2 is 2.11 bits per heavy atom. The summed E-state index contributed by atoms with van der Waals surface area (Å²) in [5, 5.41) is 0. The first-order valence-corrected chi connectivity index (χ1v) is 8.81. The molecular weight excluding hydrogens is 353 g/mol. The van der Waals surface area contributed by atoms with Crippen LogP contribution in [0.1, 0.15) is 37.2 Å². The topological polar surface area (TPSA) is 66.8 Å². The number of rotatable bonds is 4. The quantitative estimate of drug-likeness (QED) is 0.766. The number of carbonyl (C=O) groups is 1. The van der Waals surface area contributed by atoms with Crippen LogP contribution in [0, 0.1) is 11.7 Å². The molecule has 3 rings (SSSR count). The summed E-state index contributed by atoms with van der Waals surface area (Å²) in [4.78, 5) is 24.7. The minimum atomic E-state index is -0.674. The zero-order valence-electron chi connectivity index (χ0n) is 15.7. The summed E-state index contributed by atoms with van der Waals surface area (Å²) in [5.41, 5.74) is 0.389. The maximum Gasteiger partial charge on any atom is 0.343 e. The average molecular weight is 375 g/mol. The van der Waals surface area contributed by atoms with Gasteiger partial charge in [0.25, 0.3) is 0 Å². The van der Waals surface area contributed by atoms with E-state index in [2.05, 4.69) is 0 Å². The van der Waals surface area contributed by atoms with E-state index in [0.717, 1.165) is 0 Å². The van der Waals surface area contributed by atoms with Crippen molar-refractivity contribution in [2.75, 3.05) is 20.3 Å². The first kappa shape index (κ1) is 18.9. The number of pyridine rings is 1. The fourth-order valence-corrected chi connectivity index (χ4v) is 3.18. The van der Waals surface area contributed by atoms with Crippen molar-refractivity contribution in [3.05, 3.63) is 46.0 Å². The molecule has 1 aliphatic rings. The Morgan fingerprint density at radius 1 is 1.37 bits per heavy atom. The Kier molecular flexibility index (Phi) is 5.21. The van der Waals surface area contributed by atoms with E-state index in [0.29, 0.717) is 23.6 Å². The third-order valence-electron chi connectivity index (χ3n) is 4.64. The van der Waals surface area contributed by atoms with Gasteiger partial charge in [0.05, 0.1) is 25.5 Å². The predicted octanol–water partition coefficient (Wildman–Crippen LogP) is 3.43. The third kappa shape index (κ3) is 3.41. The number of benzene rings is 1. The van der Waals surface area contributed by atoms with E-state index in [1.165, 1.54) is 31.5 Å². The lowest BCUT2D eigenvalue weighted by atomic mass is 10.0. The summed E-state index contributed by atoms with van der Waals surface area (Å²) in [5.74, 6) is -0.604. The average Bonchev–Trinajstić information content (AvgIpc) is 2.77. The van der Waals surface area contributed by atoms with Gasteiger partial charge in [-0.05, 0) is 18.9 Å². The number of aromatic nitrogens is 1. The molecule has 0 radical (unpaired) electrons. The van der Waals surface area contributed by atoms with Crippen molar-refractivity contribution in [2.45, 2.75) is 26.8 Å². The van der Waals surface area contributed by atoms with Gasteiger partial charge in [-0.2, -0.15) is 0 Å². The van der Waals surface area contributed by atoms with E-state index in [4.69, 9.17) is 14.2 Å². The minimum absolute atomic E-state index is 0.0521. The summed E-state index contributed by atoms with van der Waals surface area (Å²) in [6.45, 7) is 6.17. The van der Waals surface area contributed by atoms with E-state index in [-0.39, 0.29) is 29.9 Å². The van der Waals surface area contributed by atoms with Gasteiger partial charge in [0.1, 0.15) is 17.9 Å². The maximum atomic E-state index is 14.3. The van der Waals surface area contributed by atoms with Crippen molar-refractivity contribution in [3.8, 4) is 22.8 Å². The monoisotopic (exact) mass is 375 g/mol. The lowest BCUT2D eigenvalue weighted by Gasteiger charge is -2.24. The highest BCUT2D eigenvalue weighted by atomic mass is 19.1. The van der Waals surface area contributed by atoms with Gasteiger partial charge >= 0.3 is 5.97 Å². The molecule has 27 heavy (non-hydrogen) atoms. The predicted molar refractivity (Wildman–Crippen MR) is 98.0 cm³/mol. The number of carbonyl (C=O) groups excluding carboxylic acids is 1. The molecule has 0 aliphatic carbocycles. The van der Waals surface area contributed by atoms with Gasteiger partial charge in [-0.3, -0.25) is 4.79 Å². The normalized spacial score (nSPS) is 15.4. The van der Waals surface area contributed by atoms with Crippen molar-refractivity contribution in [1.29, 1.82) is 0 Å². The highest BCUT2D eigenvalue weighted by Gasteiger charge is 2.28. The molecule has 1 aliphatic heterocycles. The lowest BCUT2D eigenvalue weighted by molar-refractivity contribution is 0.0523.